The maximum atomic E-state index is 6.00. The van der Waals surface area contributed by atoms with Crippen LogP contribution in [-0.2, 0) is 0 Å². The van der Waals surface area contributed by atoms with Gasteiger partial charge in [0.15, 0.2) is 0 Å². The van der Waals surface area contributed by atoms with Crippen molar-refractivity contribution in [1.29, 1.82) is 0 Å². The topological polar surface area (TPSA) is 26.0 Å². The van der Waals surface area contributed by atoms with Crippen molar-refractivity contribution in [2.45, 2.75) is 52.5 Å². The fourth-order valence-electron chi connectivity index (χ4n) is 1.73. The zero-order chi connectivity index (χ0) is 9.61. The van der Waals surface area contributed by atoms with E-state index in [1.54, 1.807) is 0 Å². The molecular weight excluding hydrogens is 261 g/mol. The average molecular weight is 283 g/mol. The van der Waals surface area contributed by atoms with Crippen LogP contribution in [0.2, 0.25) is 0 Å². The summed E-state index contributed by atoms with van der Waals surface area (Å²) >= 11 is 2.40. The van der Waals surface area contributed by atoms with Crippen molar-refractivity contribution in [2.24, 2.45) is 11.1 Å². The van der Waals surface area contributed by atoms with Crippen molar-refractivity contribution in [3.05, 3.63) is 0 Å². The summed E-state index contributed by atoms with van der Waals surface area (Å²) in [4.78, 5) is 0. The summed E-state index contributed by atoms with van der Waals surface area (Å²) < 4.78 is 1.18. The van der Waals surface area contributed by atoms with Crippen molar-refractivity contribution in [2.75, 3.05) is 4.43 Å². The van der Waals surface area contributed by atoms with Gasteiger partial charge in [0.25, 0.3) is 0 Å². The third kappa shape index (κ3) is 6.23. The number of rotatable bonds is 6. The average Bonchev–Trinajstić information content (AvgIpc) is 1.85. The van der Waals surface area contributed by atoms with E-state index in [-0.39, 0.29) is 0 Å². The number of halogens is 1. The van der Waals surface area contributed by atoms with Gasteiger partial charge in [0.05, 0.1) is 0 Å². The normalized spacial score (nSPS) is 14.8. The fraction of sp³-hybridized carbons (Fsp3) is 1.00. The Balaban J connectivity index is 3.70. The van der Waals surface area contributed by atoms with E-state index in [2.05, 4.69) is 43.4 Å². The van der Waals surface area contributed by atoms with Crippen molar-refractivity contribution in [1.82, 2.24) is 0 Å². The lowest BCUT2D eigenvalue weighted by atomic mass is 9.81. The predicted molar refractivity (Wildman–Crippen MR) is 64.8 cm³/mol. The van der Waals surface area contributed by atoms with Gasteiger partial charge < -0.3 is 5.73 Å². The first-order valence-corrected chi connectivity index (χ1v) is 6.36. The maximum absolute atomic E-state index is 6.00. The minimum atomic E-state index is 0.406. The third-order valence-corrected chi connectivity index (χ3v) is 2.84. The number of hydrogen-bond donors (Lipinski definition) is 1. The molecule has 0 unspecified atom stereocenters. The molecule has 1 nitrogen and oxygen atoms in total. The summed E-state index contributed by atoms with van der Waals surface area (Å²) in [6.07, 6.45) is 4.89. The van der Waals surface area contributed by atoms with Gasteiger partial charge in [0.2, 0.25) is 0 Å². The Morgan fingerprint density at radius 2 is 2.00 bits per heavy atom. The molecule has 2 heteroatoms. The van der Waals surface area contributed by atoms with E-state index in [1.807, 2.05) is 0 Å². The highest BCUT2D eigenvalue weighted by Crippen LogP contribution is 2.28. The van der Waals surface area contributed by atoms with E-state index in [9.17, 15) is 0 Å². The molecule has 1 atom stereocenters. The van der Waals surface area contributed by atoms with Crippen LogP contribution in [0.4, 0.5) is 0 Å². The highest BCUT2D eigenvalue weighted by Gasteiger charge is 2.19. The SMILES string of the molecule is CCCC(C)(C)C[C@H](N)CCI. The first kappa shape index (κ1) is 12.7. The van der Waals surface area contributed by atoms with Gasteiger partial charge in [0, 0.05) is 10.5 Å². The molecule has 0 radical (unpaired) electrons. The smallest absolute Gasteiger partial charge is 0.00512 e. The van der Waals surface area contributed by atoms with Crippen molar-refractivity contribution < 1.29 is 0 Å². The molecule has 0 saturated carbocycles. The Kier molecular flexibility index (Phi) is 6.55. The second kappa shape index (κ2) is 6.19. The molecule has 0 aromatic carbocycles. The largest absolute Gasteiger partial charge is 0.328 e. The molecular formula is C10H22IN. The van der Waals surface area contributed by atoms with Crippen LogP contribution in [-0.4, -0.2) is 10.5 Å². The summed E-state index contributed by atoms with van der Waals surface area (Å²) in [5.74, 6) is 0. The van der Waals surface area contributed by atoms with Crippen LogP contribution >= 0.6 is 22.6 Å². The minimum Gasteiger partial charge on any atom is -0.328 e. The maximum Gasteiger partial charge on any atom is 0.00512 e. The first-order valence-electron chi connectivity index (χ1n) is 4.83. The van der Waals surface area contributed by atoms with Crippen LogP contribution < -0.4 is 5.73 Å². The Labute approximate surface area is 90.6 Å². The molecule has 0 amide bonds. The lowest BCUT2D eigenvalue weighted by Crippen LogP contribution is -2.28. The molecule has 12 heavy (non-hydrogen) atoms. The van der Waals surface area contributed by atoms with Gasteiger partial charge in [-0.2, -0.15) is 0 Å². The highest BCUT2D eigenvalue weighted by molar-refractivity contribution is 14.1. The van der Waals surface area contributed by atoms with Crippen LogP contribution in [0, 0.1) is 5.41 Å². The number of nitrogens with two attached hydrogens (primary N) is 1. The molecule has 0 aliphatic rings. The molecule has 0 aromatic heterocycles. The Morgan fingerprint density at radius 3 is 2.42 bits per heavy atom. The molecule has 0 spiro atoms. The van der Waals surface area contributed by atoms with Crippen molar-refractivity contribution >= 4 is 22.6 Å². The van der Waals surface area contributed by atoms with E-state index >= 15 is 0 Å². The molecule has 74 valence electrons. The van der Waals surface area contributed by atoms with E-state index in [0.717, 1.165) is 6.42 Å². The van der Waals surface area contributed by atoms with Crippen LogP contribution in [0.3, 0.4) is 0 Å². The van der Waals surface area contributed by atoms with Crippen LogP contribution in [0.15, 0.2) is 0 Å². The molecule has 0 bridgehead atoms. The quantitative estimate of drug-likeness (QED) is 0.587. The van der Waals surface area contributed by atoms with E-state index in [1.165, 1.54) is 23.7 Å². The zero-order valence-corrected chi connectivity index (χ0v) is 10.7. The van der Waals surface area contributed by atoms with Crippen molar-refractivity contribution in [3.8, 4) is 0 Å². The number of hydrogen-bond acceptors (Lipinski definition) is 1. The van der Waals surface area contributed by atoms with Crippen LogP contribution in [0.5, 0.6) is 0 Å². The molecule has 2 N–H and O–H groups in total. The van der Waals surface area contributed by atoms with Gasteiger partial charge in [-0.1, -0.05) is 49.8 Å². The summed E-state index contributed by atoms with van der Waals surface area (Å²) in [6.45, 7) is 6.89. The van der Waals surface area contributed by atoms with E-state index in [0.29, 0.717) is 11.5 Å². The summed E-state index contributed by atoms with van der Waals surface area (Å²) in [7, 11) is 0. The van der Waals surface area contributed by atoms with Gasteiger partial charge >= 0.3 is 0 Å². The molecule has 0 heterocycles. The standard InChI is InChI=1S/C10H22IN/c1-4-6-10(2,3)8-9(12)5-7-11/h9H,4-8,12H2,1-3H3/t9-/m1/s1. The van der Waals surface area contributed by atoms with Crippen molar-refractivity contribution in [3.63, 3.8) is 0 Å². The van der Waals surface area contributed by atoms with Gasteiger partial charge in [-0.15, -0.1) is 0 Å². The molecule has 0 aromatic rings. The fourth-order valence-corrected chi connectivity index (χ4v) is 2.53. The predicted octanol–water partition coefficient (Wildman–Crippen LogP) is 3.36. The van der Waals surface area contributed by atoms with Crippen LogP contribution in [0.1, 0.15) is 46.5 Å². The lowest BCUT2D eigenvalue weighted by Gasteiger charge is -2.27. The Hall–Kier alpha value is 0.690. The van der Waals surface area contributed by atoms with Gasteiger partial charge in [-0.25, -0.2) is 0 Å². The first-order chi connectivity index (χ1) is 5.52. The lowest BCUT2D eigenvalue weighted by molar-refractivity contribution is 0.276. The molecule has 0 aliphatic heterocycles. The second-order valence-electron chi connectivity index (χ2n) is 4.36. The highest BCUT2D eigenvalue weighted by atomic mass is 127. The minimum absolute atomic E-state index is 0.406. The second-order valence-corrected chi connectivity index (χ2v) is 5.43. The summed E-state index contributed by atoms with van der Waals surface area (Å²) in [5.41, 5.74) is 6.44. The van der Waals surface area contributed by atoms with E-state index in [4.69, 9.17) is 5.73 Å². The molecule has 0 rings (SSSR count). The third-order valence-electron chi connectivity index (χ3n) is 2.22. The monoisotopic (exact) mass is 283 g/mol. The van der Waals surface area contributed by atoms with E-state index < -0.39 is 0 Å². The number of alkyl halides is 1. The van der Waals surface area contributed by atoms with Crippen LogP contribution in [0.25, 0.3) is 0 Å². The van der Waals surface area contributed by atoms with Gasteiger partial charge in [0.1, 0.15) is 0 Å². The molecule has 0 saturated heterocycles. The van der Waals surface area contributed by atoms with Gasteiger partial charge in [-0.05, 0) is 24.7 Å². The summed E-state index contributed by atoms with van der Waals surface area (Å²) in [5, 5.41) is 0. The van der Waals surface area contributed by atoms with Gasteiger partial charge in [-0.3, -0.25) is 0 Å². The Bertz CT molecular complexity index is 112. The molecule has 0 fully saturated rings. The Morgan fingerprint density at radius 1 is 1.42 bits per heavy atom. The zero-order valence-electron chi connectivity index (χ0n) is 8.57. The molecule has 0 aliphatic carbocycles. The summed E-state index contributed by atoms with van der Waals surface area (Å²) in [6, 6.07) is 0.406.